The summed E-state index contributed by atoms with van der Waals surface area (Å²) >= 11 is 0. The van der Waals surface area contributed by atoms with E-state index in [-0.39, 0.29) is 5.91 Å². The second-order valence-corrected chi connectivity index (χ2v) is 4.70. The highest BCUT2D eigenvalue weighted by molar-refractivity contribution is 5.96. The first-order valence-corrected chi connectivity index (χ1v) is 6.56. The number of hydrogen-bond acceptors (Lipinski definition) is 3. The normalized spacial score (nSPS) is 11.1. The van der Waals surface area contributed by atoms with Crippen molar-refractivity contribution < 1.29 is 9.59 Å². The molecule has 106 valence electrons. The fraction of sp³-hybridized carbons (Fsp3) is 0.312. The van der Waals surface area contributed by atoms with E-state index in [1.165, 1.54) is 0 Å². The van der Waals surface area contributed by atoms with Crippen LogP contribution in [0.15, 0.2) is 29.8 Å². The zero-order chi connectivity index (χ0) is 15.1. The molecule has 0 spiro atoms. The molecule has 0 fully saturated rings. The lowest BCUT2D eigenvalue weighted by atomic mass is 9.98. The van der Waals surface area contributed by atoms with E-state index in [0.717, 1.165) is 17.4 Å². The van der Waals surface area contributed by atoms with Crippen LogP contribution in [0.2, 0.25) is 0 Å². The Morgan fingerprint density at radius 3 is 2.60 bits per heavy atom. The maximum Gasteiger partial charge on any atom is 0.251 e. The summed E-state index contributed by atoms with van der Waals surface area (Å²) in [7, 11) is 0. The van der Waals surface area contributed by atoms with Crippen molar-refractivity contribution in [3.63, 3.8) is 0 Å². The molecule has 0 aliphatic heterocycles. The van der Waals surface area contributed by atoms with Crippen molar-refractivity contribution in [1.82, 2.24) is 5.32 Å². The van der Waals surface area contributed by atoms with E-state index in [1.807, 2.05) is 26.0 Å². The average molecular weight is 272 g/mol. The highest BCUT2D eigenvalue weighted by atomic mass is 16.1. The van der Waals surface area contributed by atoms with Gasteiger partial charge in [-0.2, -0.15) is 0 Å². The zero-order valence-corrected chi connectivity index (χ0v) is 12.1. The van der Waals surface area contributed by atoms with E-state index in [2.05, 4.69) is 5.32 Å². The Bertz CT molecular complexity index is 560. The van der Waals surface area contributed by atoms with E-state index < -0.39 is 0 Å². The smallest absolute Gasteiger partial charge is 0.251 e. The Kier molecular flexibility index (Phi) is 5.84. The van der Waals surface area contributed by atoms with Crippen molar-refractivity contribution in [3.05, 3.63) is 46.5 Å². The SMILES string of the molecule is CCNC(=O)c1ccc(C/C(C=O)=C/C(C)=N)c(C)c1. The topological polar surface area (TPSA) is 70.0 Å². The lowest BCUT2D eigenvalue weighted by molar-refractivity contribution is -0.105. The second-order valence-electron chi connectivity index (χ2n) is 4.70. The molecule has 4 heteroatoms. The van der Waals surface area contributed by atoms with Gasteiger partial charge in [0.25, 0.3) is 5.91 Å². The fourth-order valence-electron chi connectivity index (χ4n) is 1.92. The van der Waals surface area contributed by atoms with Gasteiger partial charge >= 0.3 is 0 Å². The minimum Gasteiger partial charge on any atom is -0.352 e. The molecule has 1 aromatic rings. The molecule has 1 rings (SSSR count). The van der Waals surface area contributed by atoms with Crippen LogP contribution < -0.4 is 5.32 Å². The van der Waals surface area contributed by atoms with Crippen LogP contribution in [0, 0.1) is 12.3 Å². The molecule has 0 bridgehead atoms. The molecule has 0 aromatic heterocycles. The number of nitrogens with one attached hydrogen (secondary N) is 2. The molecule has 0 unspecified atom stereocenters. The Balaban J connectivity index is 2.96. The first-order valence-electron chi connectivity index (χ1n) is 6.56. The Labute approximate surface area is 119 Å². The lowest BCUT2D eigenvalue weighted by Crippen LogP contribution is -2.22. The summed E-state index contributed by atoms with van der Waals surface area (Å²) in [5.41, 5.74) is 3.48. The molecule has 4 nitrogen and oxygen atoms in total. The minimum absolute atomic E-state index is 0.0939. The van der Waals surface area contributed by atoms with Crippen molar-refractivity contribution in [3.8, 4) is 0 Å². The third kappa shape index (κ3) is 4.46. The van der Waals surface area contributed by atoms with E-state index in [4.69, 9.17) is 5.41 Å². The second kappa shape index (κ2) is 7.38. The number of aryl methyl sites for hydroxylation is 1. The Hall–Kier alpha value is -2.23. The summed E-state index contributed by atoms with van der Waals surface area (Å²) in [5.74, 6) is -0.0939. The van der Waals surface area contributed by atoms with Gasteiger partial charge in [0.15, 0.2) is 0 Å². The molecule has 0 saturated heterocycles. The van der Waals surface area contributed by atoms with Gasteiger partial charge in [-0.25, -0.2) is 0 Å². The van der Waals surface area contributed by atoms with Crippen LogP contribution in [0.1, 0.15) is 35.3 Å². The number of carbonyl (C=O) groups excluding carboxylic acids is 2. The monoisotopic (exact) mass is 272 g/mol. The molecule has 0 heterocycles. The van der Waals surface area contributed by atoms with E-state index >= 15 is 0 Å². The predicted octanol–water partition coefficient (Wildman–Crippen LogP) is 2.45. The molecule has 20 heavy (non-hydrogen) atoms. The number of aldehydes is 1. The van der Waals surface area contributed by atoms with Crippen molar-refractivity contribution in [2.24, 2.45) is 0 Å². The highest BCUT2D eigenvalue weighted by Gasteiger charge is 2.08. The largest absolute Gasteiger partial charge is 0.352 e. The van der Waals surface area contributed by atoms with Gasteiger partial charge in [0.1, 0.15) is 6.29 Å². The molecule has 0 radical (unpaired) electrons. The first kappa shape index (κ1) is 15.8. The van der Waals surface area contributed by atoms with Gasteiger partial charge in [0.05, 0.1) is 0 Å². The Morgan fingerprint density at radius 2 is 2.10 bits per heavy atom. The van der Waals surface area contributed by atoms with Gasteiger partial charge < -0.3 is 10.7 Å². The van der Waals surface area contributed by atoms with E-state index in [0.29, 0.717) is 29.8 Å². The lowest BCUT2D eigenvalue weighted by Gasteiger charge is -2.08. The quantitative estimate of drug-likeness (QED) is 0.474. The molecule has 2 N–H and O–H groups in total. The highest BCUT2D eigenvalue weighted by Crippen LogP contribution is 2.15. The van der Waals surface area contributed by atoms with Gasteiger partial charge in [0, 0.05) is 24.2 Å². The van der Waals surface area contributed by atoms with Gasteiger partial charge in [-0.1, -0.05) is 6.07 Å². The van der Waals surface area contributed by atoms with Crippen molar-refractivity contribution >= 4 is 17.9 Å². The van der Waals surface area contributed by atoms with E-state index in [9.17, 15) is 9.59 Å². The number of allylic oxidation sites excluding steroid dienone is 2. The van der Waals surface area contributed by atoms with Crippen molar-refractivity contribution in [2.75, 3.05) is 6.54 Å². The molecular weight excluding hydrogens is 252 g/mol. The fourth-order valence-corrected chi connectivity index (χ4v) is 1.92. The maximum atomic E-state index is 11.7. The van der Waals surface area contributed by atoms with E-state index in [1.54, 1.807) is 19.1 Å². The van der Waals surface area contributed by atoms with Crippen LogP contribution in [0.4, 0.5) is 0 Å². The molecule has 1 amide bonds. The van der Waals surface area contributed by atoms with Gasteiger partial charge in [-0.15, -0.1) is 0 Å². The molecule has 0 atom stereocenters. The zero-order valence-electron chi connectivity index (χ0n) is 12.1. The number of benzene rings is 1. The summed E-state index contributed by atoms with van der Waals surface area (Å²) in [4.78, 5) is 22.7. The summed E-state index contributed by atoms with van der Waals surface area (Å²) in [6, 6.07) is 5.43. The van der Waals surface area contributed by atoms with Crippen LogP contribution >= 0.6 is 0 Å². The minimum atomic E-state index is -0.0939. The number of rotatable bonds is 6. The third-order valence-corrected chi connectivity index (χ3v) is 2.89. The first-order chi connectivity index (χ1) is 9.47. The number of hydrogen-bond donors (Lipinski definition) is 2. The summed E-state index contributed by atoms with van der Waals surface area (Å²) in [5, 5.41) is 10.1. The maximum absolute atomic E-state index is 11.7. The molecule has 0 aliphatic carbocycles. The predicted molar refractivity (Wildman–Crippen MR) is 80.4 cm³/mol. The molecule has 1 aromatic carbocycles. The van der Waals surface area contributed by atoms with Crippen molar-refractivity contribution in [2.45, 2.75) is 27.2 Å². The summed E-state index contributed by atoms with van der Waals surface area (Å²) < 4.78 is 0. The Morgan fingerprint density at radius 1 is 1.40 bits per heavy atom. The summed E-state index contributed by atoms with van der Waals surface area (Å²) in [6.45, 7) is 6.02. The van der Waals surface area contributed by atoms with Crippen LogP contribution in [0.25, 0.3) is 0 Å². The number of carbonyl (C=O) groups is 2. The van der Waals surface area contributed by atoms with Gasteiger partial charge in [0.2, 0.25) is 0 Å². The van der Waals surface area contributed by atoms with Crippen molar-refractivity contribution in [1.29, 1.82) is 5.41 Å². The van der Waals surface area contributed by atoms with Gasteiger partial charge in [-0.3, -0.25) is 9.59 Å². The average Bonchev–Trinajstić information content (AvgIpc) is 2.39. The molecule has 0 aliphatic rings. The summed E-state index contributed by atoms with van der Waals surface area (Å²) in [6.07, 6.45) is 2.81. The standard InChI is InChI=1S/C16H20N2O2/c1-4-18-16(20)15-6-5-14(11(2)7-15)9-13(10-19)8-12(3)17/h5-8,10,17H,4,9H2,1-3H3,(H,18,20)/b13-8-,17-12?. The third-order valence-electron chi connectivity index (χ3n) is 2.89. The van der Waals surface area contributed by atoms with Crippen LogP contribution in [-0.4, -0.2) is 24.4 Å². The van der Waals surface area contributed by atoms with Crippen LogP contribution in [0.3, 0.4) is 0 Å². The number of amides is 1. The molecule has 0 saturated carbocycles. The van der Waals surface area contributed by atoms with Crippen LogP contribution in [-0.2, 0) is 11.2 Å². The molecular formula is C16H20N2O2. The van der Waals surface area contributed by atoms with Gasteiger partial charge in [-0.05, 0) is 55.7 Å². The van der Waals surface area contributed by atoms with Crippen LogP contribution in [0.5, 0.6) is 0 Å².